The number of benzene rings is 2. The van der Waals surface area contributed by atoms with Gasteiger partial charge in [0, 0.05) is 12.1 Å². The monoisotopic (exact) mass is 312 g/mol. The molecule has 0 radical (unpaired) electrons. The summed E-state index contributed by atoms with van der Waals surface area (Å²) in [6.45, 7) is 2.53. The minimum atomic E-state index is -0.0472. The molecule has 2 aromatic carbocycles. The van der Waals surface area contributed by atoms with E-state index in [2.05, 4.69) is 10.2 Å². The number of amides is 1. The summed E-state index contributed by atoms with van der Waals surface area (Å²) in [7, 11) is 5.67. The number of methoxy groups -OCH3 is 1. The molecule has 0 saturated heterocycles. The molecule has 0 heterocycles. The van der Waals surface area contributed by atoms with Crippen molar-refractivity contribution in [1.29, 1.82) is 0 Å². The number of nitrogens with zero attached hydrogens (tertiary/aromatic N) is 1. The summed E-state index contributed by atoms with van der Waals surface area (Å²) in [6.07, 6.45) is 0. The number of hydrogen-bond donors (Lipinski definition) is 1. The number of carbonyl (C=O) groups is 1. The normalized spacial score (nSPS) is 12.0. The average molecular weight is 312 g/mol. The standard InChI is InChI=1S/C19H24N2O2/c1-14-6-5-7-16(12-14)19(22)20-13-18(21(2)3)15-8-10-17(23-4)11-9-15/h5-12,18H,13H2,1-4H3,(H,20,22)/t18-/m0/s1. The summed E-state index contributed by atoms with van der Waals surface area (Å²) in [6, 6.07) is 15.7. The van der Waals surface area contributed by atoms with Crippen LogP contribution in [0.15, 0.2) is 48.5 Å². The molecule has 0 bridgehead atoms. The predicted molar refractivity (Wildman–Crippen MR) is 92.9 cm³/mol. The number of likely N-dealkylation sites (N-methyl/N-ethyl adjacent to an activating group) is 1. The minimum Gasteiger partial charge on any atom is -0.497 e. The topological polar surface area (TPSA) is 41.6 Å². The molecule has 0 aliphatic heterocycles. The van der Waals surface area contributed by atoms with Crippen molar-refractivity contribution < 1.29 is 9.53 Å². The van der Waals surface area contributed by atoms with Crippen molar-refractivity contribution >= 4 is 5.91 Å². The van der Waals surface area contributed by atoms with E-state index in [0.717, 1.165) is 16.9 Å². The highest BCUT2D eigenvalue weighted by atomic mass is 16.5. The van der Waals surface area contributed by atoms with Gasteiger partial charge in [-0.1, -0.05) is 29.8 Å². The molecule has 0 aliphatic rings. The fourth-order valence-electron chi connectivity index (χ4n) is 2.50. The molecule has 122 valence electrons. The van der Waals surface area contributed by atoms with Crippen LogP contribution in [0.1, 0.15) is 27.5 Å². The first kappa shape index (κ1) is 17.0. The van der Waals surface area contributed by atoms with Gasteiger partial charge in [-0.25, -0.2) is 0 Å². The largest absolute Gasteiger partial charge is 0.497 e. The molecule has 0 fully saturated rings. The van der Waals surface area contributed by atoms with Gasteiger partial charge in [-0.05, 0) is 50.8 Å². The van der Waals surface area contributed by atoms with E-state index < -0.39 is 0 Å². The number of nitrogens with one attached hydrogen (secondary N) is 1. The molecular weight excluding hydrogens is 288 g/mol. The molecule has 2 rings (SSSR count). The molecule has 0 saturated carbocycles. The van der Waals surface area contributed by atoms with E-state index in [4.69, 9.17) is 4.74 Å². The van der Waals surface area contributed by atoms with Crippen LogP contribution in [-0.2, 0) is 0 Å². The second kappa shape index (κ2) is 7.79. The predicted octanol–water partition coefficient (Wildman–Crippen LogP) is 3.04. The zero-order valence-corrected chi connectivity index (χ0v) is 14.2. The third kappa shape index (κ3) is 4.57. The van der Waals surface area contributed by atoms with Crippen LogP contribution in [0, 0.1) is 6.92 Å². The highest BCUT2D eigenvalue weighted by molar-refractivity contribution is 5.94. The summed E-state index contributed by atoms with van der Waals surface area (Å²) in [4.78, 5) is 14.4. The Balaban J connectivity index is 2.06. The number of ether oxygens (including phenoxy) is 1. The molecule has 4 heteroatoms. The molecule has 4 nitrogen and oxygen atoms in total. The van der Waals surface area contributed by atoms with Crippen LogP contribution in [0.25, 0.3) is 0 Å². The molecule has 1 atom stereocenters. The maximum absolute atomic E-state index is 12.3. The van der Waals surface area contributed by atoms with E-state index in [0.29, 0.717) is 12.1 Å². The van der Waals surface area contributed by atoms with Gasteiger partial charge >= 0.3 is 0 Å². The van der Waals surface area contributed by atoms with Gasteiger partial charge < -0.3 is 15.0 Å². The number of rotatable bonds is 6. The van der Waals surface area contributed by atoms with Crippen LogP contribution in [0.3, 0.4) is 0 Å². The summed E-state index contributed by atoms with van der Waals surface area (Å²) in [5, 5.41) is 3.02. The highest BCUT2D eigenvalue weighted by Crippen LogP contribution is 2.20. The first-order valence-corrected chi connectivity index (χ1v) is 7.66. The van der Waals surface area contributed by atoms with E-state index in [9.17, 15) is 4.79 Å². The quantitative estimate of drug-likeness (QED) is 0.891. The van der Waals surface area contributed by atoms with Crippen LogP contribution >= 0.6 is 0 Å². The SMILES string of the molecule is COc1ccc([C@H](CNC(=O)c2cccc(C)c2)N(C)C)cc1. The first-order chi connectivity index (χ1) is 11.0. The lowest BCUT2D eigenvalue weighted by Gasteiger charge is -2.25. The molecule has 0 aliphatic carbocycles. The number of hydrogen-bond acceptors (Lipinski definition) is 3. The van der Waals surface area contributed by atoms with Crippen molar-refractivity contribution in [3.05, 3.63) is 65.2 Å². The molecule has 2 aromatic rings. The second-order valence-corrected chi connectivity index (χ2v) is 5.83. The fourth-order valence-corrected chi connectivity index (χ4v) is 2.50. The van der Waals surface area contributed by atoms with Crippen molar-refractivity contribution in [2.45, 2.75) is 13.0 Å². The van der Waals surface area contributed by atoms with Gasteiger partial charge in [0.2, 0.25) is 0 Å². The Bertz CT molecular complexity index is 651. The number of aryl methyl sites for hydroxylation is 1. The van der Waals surface area contributed by atoms with Crippen molar-refractivity contribution in [1.82, 2.24) is 10.2 Å². The maximum atomic E-state index is 12.3. The lowest BCUT2D eigenvalue weighted by molar-refractivity contribution is 0.0942. The van der Waals surface area contributed by atoms with Gasteiger partial charge in [-0.3, -0.25) is 4.79 Å². The van der Waals surface area contributed by atoms with E-state index in [1.165, 1.54) is 0 Å². The van der Waals surface area contributed by atoms with E-state index >= 15 is 0 Å². The molecule has 23 heavy (non-hydrogen) atoms. The Morgan fingerprint density at radius 3 is 2.43 bits per heavy atom. The lowest BCUT2D eigenvalue weighted by atomic mass is 10.1. The minimum absolute atomic E-state index is 0.0472. The first-order valence-electron chi connectivity index (χ1n) is 7.66. The zero-order chi connectivity index (χ0) is 16.8. The molecule has 0 aromatic heterocycles. The van der Waals surface area contributed by atoms with Crippen molar-refractivity contribution in [2.24, 2.45) is 0 Å². The van der Waals surface area contributed by atoms with E-state index in [-0.39, 0.29) is 11.9 Å². The van der Waals surface area contributed by atoms with Crippen LogP contribution in [-0.4, -0.2) is 38.6 Å². The lowest BCUT2D eigenvalue weighted by Crippen LogP contribution is -2.34. The van der Waals surface area contributed by atoms with Crippen molar-refractivity contribution in [3.63, 3.8) is 0 Å². The van der Waals surface area contributed by atoms with Gasteiger partial charge in [-0.15, -0.1) is 0 Å². The van der Waals surface area contributed by atoms with Crippen molar-refractivity contribution in [3.8, 4) is 5.75 Å². The Labute approximate surface area is 138 Å². The summed E-state index contributed by atoms with van der Waals surface area (Å²) in [5.41, 5.74) is 2.91. The summed E-state index contributed by atoms with van der Waals surface area (Å²) < 4.78 is 5.19. The Hall–Kier alpha value is -2.33. The molecule has 0 unspecified atom stereocenters. The van der Waals surface area contributed by atoms with E-state index in [1.54, 1.807) is 7.11 Å². The van der Waals surface area contributed by atoms with E-state index in [1.807, 2.05) is 69.6 Å². The Morgan fingerprint density at radius 1 is 1.17 bits per heavy atom. The van der Waals surface area contributed by atoms with Gasteiger partial charge in [0.1, 0.15) is 5.75 Å². The van der Waals surface area contributed by atoms with Gasteiger partial charge in [0.15, 0.2) is 0 Å². The van der Waals surface area contributed by atoms with Crippen LogP contribution in [0.4, 0.5) is 0 Å². The fraction of sp³-hybridized carbons (Fsp3) is 0.316. The van der Waals surface area contributed by atoms with Crippen LogP contribution < -0.4 is 10.1 Å². The molecule has 1 amide bonds. The molecule has 0 spiro atoms. The third-order valence-electron chi connectivity index (χ3n) is 3.86. The average Bonchev–Trinajstić information content (AvgIpc) is 2.55. The van der Waals surface area contributed by atoms with Gasteiger partial charge in [-0.2, -0.15) is 0 Å². The van der Waals surface area contributed by atoms with Gasteiger partial charge in [0.05, 0.1) is 13.2 Å². The summed E-state index contributed by atoms with van der Waals surface area (Å²) >= 11 is 0. The highest BCUT2D eigenvalue weighted by Gasteiger charge is 2.16. The summed E-state index contributed by atoms with van der Waals surface area (Å²) in [5.74, 6) is 0.782. The third-order valence-corrected chi connectivity index (χ3v) is 3.86. The second-order valence-electron chi connectivity index (χ2n) is 5.83. The zero-order valence-electron chi connectivity index (χ0n) is 14.2. The smallest absolute Gasteiger partial charge is 0.251 e. The Kier molecular flexibility index (Phi) is 5.77. The van der Waals surface area contributed by atoms with Crippen LogP contribution in [0.2, 0.25) is 0 Å². The van der Waals surface area contributed by atoms with Crippen LogP contribution in [0.5, 0.6) is 5.75 Å². The maximum Gasteiger partial charge on any atom is 0.251 e. The van der Waals surface area contributed by atoms with Crippen molar-refractivity contribution in [2.75, 3.05) is 27.7 Å². The molecule has 1 N–H and O–H groups in total. The molecular formula is C19H24N2O2. The van der Waals surface area contributed by atoms with Gasteiger partial charge in [0.25, 0.3) is 5.91 Å². The number of carbonyl (C=O) groups excluding carboxylic acids is 1. The Morgan fingerprint density at radius 2 is 1.87 bits per heavy atom.